The maximum atomic E-state index is 13.3. The van der Waals surface area contributed by atoms with Crippen LogP contribution in [-0.4, -0.2) is 78.0 Å². The first kappa shape index (κ1) is 23.7. The molecule has 0 saturated carbocycles. The van der Waals surface area contributed by atoms with E-state index in [0.29, 0.717) is 31.7 Å². The number of piperazine rings is 1. The summed E-state index contributed by atoms with van der Waals surface area (Å²) in [5.41, 5.74) is 2.08. The fourth-order valence-corrected chi connectivity index (χ4v) is 4.80. The van der Waals surface area contributed by atoms with Gasteiger partial charge < -0.3 is 14.5 Å². The standard InChI is InChI=1S/C25H29ClFN3O3/c1-17-14-28(15-18(2)33-17)16-19-3-5-20(6-4-19)24(31)29-9-11-30(12-10-29)25(32)22-8-7-21(27)13-23(22)26/h3-8,13,17-18H,9-12,14-16H2,1-2H3. The third-order valence-electron chi connectivity index (χ3n) is 6.12. The predicted octanol–water partition coefficient (Wildman–Crippen LogP) is 3.69. The van der Waals surface area contributed by atoms with Gasteiger partial charge in [0.25, 0.3) is 11.8 Å². The number of hydrogen-bond acceptors (Lipinski definition) is 4. The minimum Gasteiger partial charge on any atom is -0.373 e. The van der Waals surface area contributed by atoms with Crippen molar-refractivity contribution in [3.05, 3.63) is 70.0 Å². The van der Waals surface area contributed by atoms with E-state index < -0.39 is 5.82 Å². The molecule has 0 spiro atoms. The molecule has 6 nitrogen and oxygen atoms in total. The van der Waals surface area contributed by atoms with Crippen LogP contribution in [0.25, 0.3) is 0 Å². The number of hydrogen-bond donors (Lipinski definition) is 0. The van der Waals surface area contributed by atoms with Crippen molar-refractivity contribution < 1.29 is 18.7 Å². The van der Waals surface area contributed by atoms with Crippen LogP contribution in [0, 0.1) is 5.82 Å². The molecule has 2 aliphatic heterocycles. The topological polar surface area (TPSA) is 53.1 Å². The second-order valence-corrected chi connectivity index (χ2v) is 9.26. The highest BCUT2D eigenvalue weighted by atomic mass is 35.5. The number of carbonyl (C=O) groups excluding carboxylic acids is 2. The molecule has 8 heteroatoms. The van der Waals surface area contributed by atoms with Crippen LogP contribution in [0.1, 0.15) is 40.1 Å². The summed E-state index contributed by atoms with van der Waals surface area (Å²) in [6.07, 6.45) is 0.443. The van der Waals surface area contributed by atoms with Gasteiger partial charge in [0, 0.05) is 51.4 Å². The van der Waals surface area contributed by atoms with Gasteiger partial charge in [0.15, 0.2) is 0 Å². The second-order valence-electron chi connectivity index (χ2n) is 8.86. The first-order valence-electron chi connectivity index (χ1n) is 11.3. The van der Waals surface area contributed by atoms with Crippen molar-refractivity contribution in [3.63, 3.8) is 0 Å². The SMILES string of the molecule is CC1CN(Cc2ccc(C(=O)N3CCN(C(=O)c4ccc(F)cc4Cl)CC3)cc2)CC(C)O1. The summed E-state index contributed by atoms with van der Waals surface area (Å²) in [5, 5.41) is 0.0968. The van der Waals surface area contributed by atoms with Crippen molar-refractivity contribution in [2.75, 3.05) is 39.3 Å². The van der Waals surface area contributed by atoms with Crippen molar-refractivity contribution in [2.24, 2.45) is 0 Å². The number of morpholine rings is 1. The van der Waals surface area contributed by atoms with Crippen LogP contribution in [0.2, 0.25) is 5.02 Å². The highest BCUT2D eigenvalue weighted by Gasteiger charge is 2.27. The molecule has 33 heavy (non-hydrogen) atoms. The molecule has 0 radical (unpaired) electrons. The molecule has 2 aromatic carbocycles. The van der Waals surface area contributed by atoms with Crippen LogP contribution in [0.5, 0.6) is 0 Å². The zero-order valence-corrected chi connectivity index (χ0v) is 19.7. The predicted molar refractivity (Wildman–Crippen MR) is 125 cm³/mol. The lowest BCUT2D eigenvalue weighted by atomic mass is 10.1. The molecule has 0 aromatic heterocycles. The lowest BCUT2D eigenvalue weighted by molar-refractivity contribution is -0.0704. The minimum absolute atomic E-state index is 0.0397. The van der Waals surface area contributed by atoms with E-state index >= 15 is 0 Å². The van der Waals surface area contributed by atoms with E-state index in [9.17, 15) is 14.0 Å². The lowest BCUT2D eigenvalue weighted by Gasteiger charge is -2.35. The summed E-state index contributed by atoms with van der Waals surface area (Å²) in [6.45, 7) is 8.50. The Kier molecular flexibility index (Phi) is 7.32. The largest absolute Gasteiger partial charge is 0.373 e. The lowest BCUT2D eigenvalue weighted by Crippen LogP contribution is -2.50. The van der Waals surface area contributed by atoms with Crippen molar-refractivity contribution in [1.82, 2.24) is 14.7 Å². The molecule has 2 fully saturated rings. The van der Waals surface area contributed by atoms with E-state index in [2.05, 4.69) is 18.7 Å². The van der Waals surface area contributed by atoms with Crippen LogP contribution >= 0.6 is 11.6 Å². The van der Waals surface area contributed by atoms with Gasteiger partial charge in [0.05, 0.1) is 22.8 Å². The van der Waals surface area contributed by atoms with Crippen molar-refractivity contribution >= 4 is 23.4 Å². The van der Waals surface area contributed by atoms with E-state index in [1.165, 1.54) is 17.7 Å². The summed E-state index contributed by atoms with van der Waals surface area (Å²) in [5.74, 6) is -0.766. The Bertz CT molecular complexity index is 998. The van der Waals surface area contributed by atoms with Crippen LogP contribution in [0.15, 0.2) is 42.5 Å². The number of halogens is 2. The van der Waals surface area contributed by atoms with E-state index in [0.717, 1.165) is 25.7 Å². The van der Waals surface area contributed by atoms with Crippen molar-refractivity contribution in [3.8, 4) is 0 Å². The molecule has 0 bridgehead atoms. The fraction of sp³-hybridized carbons (Fsp3) is 0.440. The Morgan fingerprint density at radius 1 is 0.939 bits per heavy atom. The molecule has 2 atom stereocenters. The van der Waals surface area contributed by atoms with Gasteiger partial charge in [0.2, 0.25) is 0 Å². The smallest absolute Gasteiger partial charge is 0.255 e. The molecule has 2 heterocycles. The molecule has 4 rings (SSSR count). The first-order valence-corrected chi connectivity index (χ1v) is 11.7. The molecule has 2 saturated heterocycles. The maximum Gasteiger partial charge on any atom is 0.255 e. The normalized spacial score (nSPS) is 21.8. The Morgan fingerprint density at radius 3 is 2.09 bits per heavy atom. The molecule has 2 unspecified atom stereocenters. The summed E-state index contributed by atoms with van der Waals surface area (Å²) in [7, 11) is 0. The quantitative estimate of drug-likeness (QED) is 0.679. The van der Waals surface area contributed by atoms with Gasteiger partial charge in [-0.3, -0.25) is 14.5 Å². The number of benzene rings is 2. The van der Waals surface area contributed by atoms with Crippen molar-refractivity contribution in [1.29, 1.82) is 0 Å². The van der Waals surface area contributed by atoms with E-state index in [-0.39, 0.29) is 34.6 Å². The summed E-state index contributed by atoms with van der Waals surface area (Å²) in [4.78, 5) is 31.5. The van der Waals surface area contributed by atoms with Gasteiger partial charge in [-0.15, -0.1) is 0 Å². The van der Waals surface area contributed by atoms with Crippen LogP contribution in [0.3, 0.4) is 0 Å². The van der Waals surface area contributed by atoms with Gasteiger partial charge in [-0.2, -0.15) is 0 Å². The molecule has 2 amide bonds. The zero-order chi connectivity index (χ0) is 23.5. The Labute approximate surface area is 198 Å². The first-order chi connectivity index (χ1) is 15.8. The summed E-state index contributed by atoms with van der Waals surface area (Å²) < 4.78 is 19.1. The molecule has 176 valence electrons. The zero-order valence-electron chi connectivity index (χ0n) is 19.0. The molecule has 2 aromatic rings. The number of ether oxygens (including phenoxy) is 1. The molecular formula is C25H29ClFN3O3. The fourth-order valence-electron chi connectivity index (χ4n) is 4.55. The van der Waals surface area contributed by atoms with Crippen molar-refractivity contribution in [2.45, 2.75) is 32.6 Å². The number of nitrogens with zero attached hydrogens (tertiary/aromatic N) is 3. The van der Waals surface area contributed by atoms with Crippen LogP contribution < -0.4 is 0 Å². The number of amides is 2. The molecule has 2 aliphatic rings. The van der Waals surface area contributed by atoms with Gasteiger partial charge in [-0.05, 0) is 49.7 Å². The van der Waals surface area contributed by atoms with Gasteiger partial charge in [-0.25, -0.2) is 4.39 Å². The summed E-state index contributed by atoms with van der Waals surface area (Å²) >= 11 is 6.03. The Hall–Kier alpha value is -2.48. The average molecular weight is 474 g/mol. The highest BCUT2D eigenvalue weighted by Crippen LogP contribution is 2.21. The minimum atomic E-state index is -0.480. The monoisotopic (exact) mass is 473 g/mol. The Balaban J connectivity index is 1.31. The maximum absolute atomic E-state index is 13.3. The third kappa shape index (κ3) is 5.72. The number of rotatable bonds is 4. The van der Waals surface area contributed by atoms with Gasteiger partial charge >= 0.3 is 0 Å². The second kappa shape index (κ2) is 10.2. The van der Waals surface area contributed by atoms with Gasteiger partial charge in [-0.1, -0.05) is 23.7 Å². The van der Waals surface area contributed by atoms with Gasteiger partial charge in [0.1, 0.15) is 5.82 Å². The average Bonchev–Trinajstić information content (AvgIpc) is 2.78. The van der Waals surface area contributed by atoms with Crippen LogP contribution in [0.4, 0.5) is 4.39 Å². The molecular weight excluding hydrogens is 445 g/mol. The van der Waals surface area contributed by atoms with E-state index in [1.807, 2.05) is 24.3 Å². The van der Waals surface area contributed by atoms with E-state index in [1.54, 1.807) is 9.80 Å². The molecule has 0 aliphatic carbocycles. The van der Waals surface area contributed by atoms with E-state index in [4.69, 9.17) is 16.3 Å². The third-order valence-corrected chi connectivity index (χ3v) is 6.43. The van der Waals surface area contributed by atoms with Crippen LogP contribution in [-0.2, 0) is 11.3 Å². The molecule has 0 N–H and O–H groups in total. The highest BCUT2D eigenvalue weighted by molar-refractivity contribution is 6.33. The Morgan fingerprint density at radius 2 is 1.52 bits per heavy atom. The summed E-state index contributed by atoms with van der Waals surface area (Å²) in [6, 6.07) is 11.5. The number of carbonyl (C=O) groups is 2.